The Labute approximate surface area is 195 Å². The van der Waals surface area contributed by atoms with E-state index in [9.17, 15) is 4.79 Å². The summed E-state index contributed by atoms with van der Waals surface area (Å²) in [4.78, 5) is 19.5. The van der Waals surface area contributed by atoms with Gasteiger partial charge in [-0.2, -0.15) is 0 Å². The predicted octanol–water partition coefficient (Wildman–Crippen LogP) is 5.68. The highest BCUT2D eigenvalue weighted by Crippen LogP contribution is 2.17. The Balaban J connectivity index is 1.46. The number of carbonyl (C=O) groups is 1. The van der Waals surface area contributed by atoms with Crippen molar-refractivity contribution in [3.63, 3.8) is 0 Å². The quantitative estimate of drug-likeness (QED) is 0.365. The van der Waals surface area contributed by atoms with Gasteiger partial charge in [0.2, 0.25) is 5.89 Å². The van der Waals surface area contributed by atoms with Crippen molar-refractivity contribution in [3.8, 4) is 0 Å². The fraction of sp³-hybridized carbons (Fsp3) is 0.214. The number of rotatable bonds is 9. The third-order valence-corrected chi connectivity index (χ3v) is 5.69. The van der Waals surface area contributed by atoms with E-state index in [-0.39, 0.29) is 11.9 Å². The molecule has 0 aliphatic rings. The Morgan fingerprint density at radius 3 is 2.30 bits per heavy atom. The third-order valence-electron chi connectivity index (χ3n) is 5.69. The van der Waals surface area contributed by atoms with Crippen LogP contribution in [-0.4, -0.2) is 15.8 Å². The van der Waals surface area contributed by atoms with Crippen molar-refractivity contribution in [1.29, 1.82) is 0 Å². The molecule has 1 N–H and O–H groups in total. The molecule has 1 heterocycles. The Morgan fingerprint density at radius 2 is 1.58 bits per heavy atom. The van der Waals surface area contributed by atoms with Gasteiger partial charge in [0.25, 0.3) is 5.91 Å². The highest BCUT2D eigenvalue weighted by molar-refractivity contribution is 5.92. The van der Waals surface area contributed by atoms with Gasteiger partial charge in [-0.1, -0.05) is 84.9 Å². The second-order valence-corrected chi connectivity index (χ2v) is 8.29. The highest BCUT2D eigenvalue weighted by Gasteiger charge is 2.18. The predicted molar refractivity (Wildman–Crippen MR) is 129 cm³/mol. The number of oxazole rings is 1. The van der Waals surface area contributed by atoms with Gasteiger partial charge in [0.1, 0.15) is 6.26 Å². The van der Waals surface area contributed by atoms with E-state index in [4.69, 9.17) is 4.42 Å². The Kier molecular flexibility index (Phi) is 7.33. The van der Waals surface area contributed by atoms with E-state index >= 15 is 0 Å². The molecule has 5 nitrogen and oxygen atoms in total. The van der Waals surface area contributed by atoms with E-state index < -0.39 is 0 Å². The number of aromatic nitrogens is 1. The molecular weight excluding hydrogens is 410 g/mol. The van der Waals surface area contributed by atoms with Crippen molar-refractivity contribution >= 4 is 5.91 Å². The first-order valence-electron chi connectivity index (χ1n) is 11.2. The molecule has 1 aromatic heterocycles. The normalized spacial score (nSPS) is 12.0. The van der Waals surface area contributed by atoms with Gasteiger partial charge in [0, 0.05) is 13.1 Å². The lowest BCUT2D eigenvalue weighted by atomic mass is 10.1. The molecular formula is C28H29N3O2. The zero-order chi connectivity index (χ0) is 23.0. The molecule has 4 aromatic rings. The lowest BCUT2D eigenvalue weighted by Crippen LogP contribution is -2.27. The lowest BCUT2D eigenvalue weighted by Gasteiger charge is -2.22. The maximum absolute atomic E-state index is 12.7. The number of carbonyl (C=O) groups excluding carboxylic acids is 1. The minimum absolute atomic E-state index is 0.116. The number of aryl methyl sites for hydroxylation is 1. The van der Waals surface area contributed by atoms with Gasteiger partial charge in [0.05, 0.1) is 12.6 Å². The van der Waals surface area contributed by atoms with E-state index in [1.54, 1.807) is 0 Å². The standard InChI is InChI=1S/C28H29N3O2/c1-21-11-9-10-16-25(21)18-31(17-23-12-5-3-6-13-23)19-27-30-26(20-33-27)28(32)29-22(2)24-14-7-4-8-15-24/h3-16,20,22H,17-19H2,1-2H3,(H,29,32). The van der Waals surface area contributed by atoms with Crippen molar-refractivity contribution in [3.05, 3.63) is 125 Å². The minimum Gasteiger partial charge on any atom is -0.447 e. The Morgan fingerprint density at radius 1 is 0.909 bits per heavy atom. The van der Waals surface area contributed by atoms with Crippen LogP contribution in [0, 0.1) is 6.92 Å². The molecule has 0 aliphatic carbocycles. The molecule has 0 aliphatic heterocycles. The van der Waals surface area contributed by atoms with Crippen molar-refractivity contribution < 1.29 is 9.21 Å². The van der Waals surface area contributed by atoms with Gasteiger partial charge >= 0.3 is 0 Å². The first kappa shape index (κ1) is 22.5. The summed E-state index contributed by atoms with van der Waals surface area (Å²) in [6, 6.07) is 28.5. The van der Waals surface area contributed by atoms with E-state index in [1.807, 2.05) is 55.5 Å². The summed E-state index contributed by atoms with van der Waals surface area (Å²) in [7, 11) is 0. The van der Waals surface area contributed by atoms with Crippen LogP contribution >= 0.6 is 0 Å². The maximum atomic E-state index is 12.7. The molecule has 168 valence electrons. The van der Waals surface area contributed by atoms with Gasteiger partial charge < -0.3 is 9.73 Å². The minimum atomic E-state index is -0.241. The second-order valence-electron chi connectivity index (χ2n) is 8.29. The Bertz CT molecular complexity index is 1170. The molecule has 33 heavy (non-hydrogen) atoms. The van der Waals surface area contributed by atoms with Gasteiger partial charge in [0.15, 0.2) is 5.69 Å². The molecule has 1 unspecified atom stereocenters. The molecule has 0 radical (unpaired) electrons. The summed E-state index contributed by atoms with van der Waals surface area (Å²) in [6.07, 6.45) is 1.44. The van der Waals surface area contributed by atoms with Crippen LogP contribution in [0.3, 0.4) is 0 Å². The smallest absolute Gasteiger partial charge is 0.273 e. The molecule has 0 bridgehead atoms. The molecule has 1 amide bonds. The number of amides is 1. The van der Waals surface area contributed by atoms with Gasteiger partial charge in [-0.15, -0.1) is 0 Å². The first-order valence-corrected chi connectivity index (χ1v) is 11.2. The van der Waals surface area contributed by atoms with Crippen LogP contribution in [0.25, 0.3) is 0 Å². The van der Waals surface area contributed by atoms with Crippen molar-refractivity contribution in [2.24, 2.45) is 0 Å². The summed E-state index contributed by atoms with van der Waals surface area (Å²) in [5, 5.41) is 2.99. The molecule has 0 spiro atoms. The highest BCUT2D eigenvalue weighted by atomic mass is 16.3. The maximum Gasteiger partial charge on any atom is 0.273 e. The Hall–Kier alpha value is -3.70. The first-order chi connectivity index (χ1) is 16.1. The molecule has 3 aromatic carbocycles. The average Bonchev–Trinajstić information content (AvgIpc) is 3.30. The summed E-state index contributed by atoms with van der Waals surface area (Å²) >= 11 is 0. The van der Waals surface area contributed by atoms with Gasteiger partial charge in [-0.3, -0.25) is 9.69 Å². The summed E-state index contributed by atoms with van der Waals surface area (Å²) in [5.74, 6) is 0.284. The molecule has 4 rings (SSSR count). The number of hydrogen-bond donors (Lipinski definition) is 1. The lowest BCUT2D eigenvalue weighted by molar-refractivity contribution is 0.0934. The van der Waals surface area contributed by atoms with Crippen molar-refractivity contribution in [1.82, 2.24) is 15.2 Å². The molecule has 0 fully saturated rings. The molecule has 1 atom stereocenters. The summed E-state index contributed by atoms with van der Waals surface area (Å²) < 4.78 is 5.70. The third kappa shape index (κ3) is 6.18. The topological polar surface area (TPSA) is 58.4 Å². The fourth-order valence-corrected chi connectivity index (χ4v) is 3.81. The molecule has 5 heteroatoms. The van der Waals surface area contributed by atoms with E-state index in [0.29, 0.717) is 18.1 Å². The monoisotopic (exact) mass is 439 g/mol. The summed E-state index contributed by atoms with van der Waals surface area (Å²) in [6.45, 7) is 6.10. The molecule has 0 saturated heterocycles. The molecule has 0 saturated carbocycles. The van der Waals surface area contributed by atoms with Crippen LogP contribution in [0.1, 0.15) is 51.6 Å². The zero-order valence-corrected chi connectivity index (χ0v) is 19.1. The van der Waals surface area contributed by atoms with Crippen molar-refractivity contribution in [2.45, 2.75) is 39.5 Å². The zero-order valence-electron chi connectivity index (χ0n) is 19.1. The van der Waals surface area contributed by atoms with E-state index in [0.717, 1.165) is 18.7 Å². The van der Waals surface area contributed by atoms with Crippen LogP contribution < -0.4 is 5.32 Å². The number of hydrogen-bond acceptors (Lipinski definition) is 4. The van der Waals surface area contributed by atoms with Crippen molar-refractivity contribution in [2.75, 3.05) is 0 Å². The van der Waals surface area contributed by atoms with Crippen LogP contribution in [0.15, 0.2) is 95.6 Å². The fourth-order valence-electron chi connectivity index (χ4n) is 3.81. The average molecular weight is 440 g/mol. The number of nitrogens with zero attached hydrogens (tertiary/aromatic N) is 2. The summed E-state index contributed by atoms with van der Waals surface area (Å²) in [5.41, 5.74) is 5.06. The largest absolute Gasteiger partial charge is 0.447 e. The van der Waals surface area contributed by atoms with E-state index in [2.05, 4.69) is 58.5 Å². The van der Waals surface area contributed by atoms with Crippen LogP contribution in [0.2, 0.25) is 0 Å². The van der Waals surface area contributed by atoms with Gasteiger partial charge in [-0.05, 0) is 36.1 Å². The SMILES string of the molecule is Cc1ccccc1CN(Cc1ccccc1)Cc1nc(C(=O)NC(C)c2ccccc2)co1. The second kappa shape index (κ2) is 10.7. The van der Waals surface area contributed by atoms with E-state index in [1.165, 1.54) is 23.0 Å². The van der Waals surface area contributed by atoms with Crippen LogP contribution in [0.4, 0.5) is 0 Å². The van der Waals surface area contributed by atoms with Gasteiger partial charge in [-0.25, -0.2) is 4.98 Å². The number of nitrogens with one attached hydrogen (secondary N) is 1. The van der Waals surface area contributed by atoms with Crippen LogP contribution in [-0.2, 0) is 19.6 Å². The van der Waals surface area contributed by atoms with Crippen LogP contribution in [0.5, 0.6) is 0 Å². The number of benzene rings is 3.